The highest BCUT2D eigenvalue weighted by Crippen LogP contribution is 2.67. The van der Waals surface area contributed by atoms with E-state index in [1.54, 1.807) is 23.9 Å². The van der Waals surface area contributed by atoms with Crippen molar-refractivity contribution < 1.29 is 24.1 Å². The molecule has 6 nitrogen and oxygen atoms in total. The van der Waals surface area contributed by atoms with Crippen molar-refractivity contribution in [3.8, 4) is 5.69 Å². The highest BCUT2D eigenvalue weighted by Gasteiger charge is 2.63. The van der Waals surface area contributed by atoms with Crippen molar-refractivity contribution in [3.05, 3.63) is 52.6 Å². The lowest BCUT2D eigenvalue weighted by Gasteiger charge is -2.59. The number of allylic oxidation sites excluding steroid dienone is 1. The average Bonchev–Trinajstić information content (AvgIpc) is 3.44. The van der Waals surface area contributed by atoms with Crippen LogP contribution in [0.4, 0.5) is 4.39 Å². The highest BCUT2D eigenvalue weighted by atomic mass is 32.2. The van der Waals surface area contributed by atoms with Gasteiger partial charge in [0.25, 0.3) is 0 Å². The maximum absolute atomic E-state index is 13.7. The number of nitrogens with zero attached hydrogens (tertiary/aromatic N) is 2. The van der Waals surface area contributed by atoms with Gasteiger partial charge in [-0.15, -0.1) is 11.8 Å². The summed E-state index contributed by atoms with van der Waals surface area (Å²) in [5.41, 5.74) is 5.15. The van der Waals surface area contributed by atoms with E-state index in [-0.39, 0.29) is 34.5 Å². The zero-order chi connectivity index (χ0) is 28.2. The van der Waals surface area contributed by atoms with Crippen molar-refractivity contribution in [2.45, 2.75) is 64.2 Å². The number of aromatic nitrogens is 2. The van der Waals surface area contributed by atoms with E-state index in [9.17, 15) is 14.3 Å². The zero-order valence-corrected chi connectivity index (χ0v) is 25.3. The van der Waals surface area contributed by atoms with E-state index in [0.29, 0.717) is 24.2 Å². The molecule has 6 rings (SSSR count). The van der Waals surface area contributed by atoms with Crippen LogP contribution in [-0.4, -0.2) is 45.4 Å². The van der Waals surface area contributed by atoms with E-state index >= 15 is 0 Å². The smallest absolute Gasteiger partial charge is 0.345 e. The summed E-state index contributed by atoms with van der Waals surface area (Å²) in [6.07, 6.45) is 11.0. The molecule has 216 valence electrons. The van der Waals surface area contributed by atoms with Crippen LogP contribution in [0.25, 0.3) is 11.8 Å². The molecule has 3 fully saturated rings. The second-order valence-electron chi connectivity index (χ2n) is 12.6. The predicted octanol–water partition coefficient (Wildman–Crippen LogP) is 6.44. The third kappa shape index (κ3) is 4.46. The molecule has 1 N–H and O–H groups in total. The van der Waals surface area contributed by atoms with Gasteiger partial charge in [-0.05, 0) is 110 Å². The lowest BCUT2D eigenvalue weighted by atomic mass is 9.46. The molecule has 0 spiro atoms. The normalized spacial score (nSPS) is 34.4. The van der Waals surface area contributed by atoms with Gasteiger partial charge in [0, 0.05) is 11.3 Å². The van der Waals surface area contributed by atoms with Crippen molar-refractivity contribution in [2.75, 3.05) is 18.5 Å². The Morgan fingerprint density at radius 2 is 1.95 bits per heavy atom. The number of aliphatic hydroxyl groups is 1. The first-order valence-corrected chi connectivity index (χ1v) is 17.1. The fourth-order valence-electron chi connectivity index (χ4n) is 8.93. The summed E-state index contributed by atoms with van der Waals surface area (Å²) in [6, 6.07) is 6.54. The number of hydrogen-bond acceptors (Lipinski definition) is 7. The van der Waals surface area contributed by atoms with Gasteiger partial charge in [0.1, 0.15) is 11.8 Å². The molecular weight excluding hydrogens is 547 g/mol. The van der Waals surface area contributed by atoms with E-state index in [1.165, 1.54) is 35.0 Å². The van der Waals surface area contributed by atoms with E-state index in [0.717, 1.165) is 54.9 Å². The fraction of sp³-hybridized carbons (Fsp3) is 0.613. The predicted molar refractivity (Wildman–Crippen MR) is 157 cm³/mol. The third-order valence-corrected chi connectivity index (χ3v) is 11.5. The Bertz CT molecular complexity index is 1310. The Labute approximate surface area is 244 Å². The van der Waals surface area contributed by atoms with Crippen LogP contribution in [0, 0.1) is 40.3 Å². The van der Waals surface area contributed by atoms with Crippen molar-refractivity contribution in [1.82, 2.24) is 9.78 Å². The summed E-state index contributed by atoms with van der Waals surface area (Å²) >= 11 is 3.22. The number of carbonyl (C=O) groups excluding carboxylic acids is 1. The molecular formula is C31H39FN2O4S2. The first-order chi connectivity index (χ1) is 19.2. The van der Waals surface area contributed by atoms with Crippen LogP contribution in [0.5, 0.6) is 0 Å². The van der Waals surface area contributed by atoms with Crippen molar-refractivity contribution in [2.24, 2.45) is 34.5 Å². The molecule has 0 amide bonds. The van der Waals surface area contributed by atoms with E-state index in [4.69, 9.17) is 14.9 Å². The molecule has 0 radical (unpaired) electrons. The number of rotatable bonds is 7. The molecule has 9 heteroatoms. The Balaban J connectivity index is 1.33. The number of aliphatic hydroxyl groups excluding tert-OH is 1. The van der Waals surface area contributed by atoms with Gasteiger partial charge in [-0.2, -0.15) is 21.7 Å². The minimum absolute atomic E-state index is 0.123. The second kappa shape index (κ2) is 10.8. The summed E-state index contributed by atoms with van der Waals surface area (Å²) < 4.78 is 15.7. The monoisotopic (exact) mass is 586 g/mol. The fourth-order valence-corrected chi connectivity index (χ4v) is 9.58. The summed E-state index contributed by atoms with van der Waals surface area (Å²) in [6.45, 7) is 4.54. The summed E-state index contributed by atoms with van der Waals surface area (Å²) in [7, 11) is 0. The molecule has 4 aliphatic rings. The molecule has 40 heavy (non-hydrogen) atoms. The minimum Gasteiger partial charge on any atom is -0.393 e. The average molecular weight is 587 g/mol. The van der Waals surface area contributed by atoms with Crippen LogP contribution in [0.3, 0.4) is 0 Å². The number of halogens is 1. The second-order valence-corrected chi connectivity index (χ2v) is 14.2. The Morgan fingerprint density at radius 3 is 2.67 bits per heavy atom. The molecule has 4 aliphatic carbocycles. The number of benzene rings is 1. The van der Waals surface area contributed by atoms with Gasteiger partial charge in [0.15, 0.2) is 0 Å². The van der Waals surface area contributed by atoms with Crippen LogP contribution in [0.15, 0.2) is 29.8 Å². The number of thioether (sulfide) groups is 2. The minimum atomic E-state index is -0.502. The number of hydrogen-bond donors (Lipinski definition) is 1. The topological polar surface area (TPSA) is 73.6 Å². The van der Waals surface area contributed by atoms with Crippen molar-refractivity contribution in [1.29, 1.82) is 0 Å². The Kier molecular flexibility index (Phi) is 7.64. The van der Waals surface area contributed by atoms with Gasteiger partial charge in [-0.25, -0.2) is 13.9 Å². The lowest BCUT2D eigenvalue weighted by Crippen LogP contribution is -2.57. The number of fused-ring (bicyclic) bond motifs is 6. The van der Waals surface area contributed by atoms with Crippen LogP contribution in [0.2, 0.25) is 0 Å². The Morgan fingerprint density at radius 1 is 1.18 bits per heavy atom. The molecule has 0 aliphatic heterocycles. The molecule has 2 aromatic rings. The standard InChI is InChI=1S/C31H39FN2O4S2/c1-30-14-22-25(16-39-3)33-34(20-8-6-19(32)7-9-20)26(22)13-18(30)5-10-21-23-11-12-24(29(36)38-37-17-40-4)31(23,2)15-27(35)28(21)30/h6-9,13,21,23-24,27-28,35H,5,10-12,14-17H2,1-4H3/t21-,23-,24-,27-,28+,30-,31-/m0/s1. The molecule has 1 aromatic carbocycles. The van der Waals surface area contributed by atoms with E-state index in [1.807, 2.05) is 10.9 Å². The van der Waals surface area contributed by atoms with E-state index < -0.39 is 6.10 Å². The highest BCUT2D eigenvalue weighted by molar-refractivity contribution is 7.98. The quantitative estimate of drug-likeness (QED) is 0.173. The van der Waals surface area contributed by atoms with Gasteiger partial charge in [-0.3, -0.25) is 4.89 Å². The maximum Gasteiger partial charge on any atom is 0.345 e. The summed E-state index contributed by atoms with van der Waals surface area (Å²) in [5, 5.41) is 16.9. The molecule has 0 unspecified atom stereocenters. The van der Waals surface area contributed by atoms with Gasteiger partial charge < -0.3 is 5.11 Å². The molecule has 7 atom stereocenters. The summed E-state index contributed by atoms with van der Waals surface area (Å²) in [5.74, 6) is 1.16. The molecule has 0 bridgehead atoms. The molecule has 3 saturated carbocycles. The van der Waals surface area contributed by atoms with Gasteiger partial charge >= 0.3 is 5.97 Å². The van der Waals surface area contributed by atoms with Gasteiger partial charge in [0.2, 0.25) is 0 Å². The molecule has 1 heterocycles. The number of carbonyl (C=O) groups is 1. The zero-order valence-electron chi connectivity index (χ0n) is 23.7. The first kappa shape index (κ1) is 28.3. The van der Waals surface area contributed by atoms with Crippen LogP contribution >= 0.6 is 23.5 Å². The van der Waals surface area contributed by atoms with Crippen LogP contribution in [0.1, 0.15) is 62.9 Å². The first-order valence-electron chi connectivity index (χ1n) is 14.3. The SMILES string of the molecule is CSCOOC(=O)[C@@H]1CC[C@H]2[C@@H]3CCC4=Cc5c(c(CSC)nn5-c5ccc(F)cc5)C[C@]4(C)[C@H]3[C@@H](O)C[C@]12C. The largest absolute Gasteiger partial charge is 0.393 e. The third-order valence-electron chi connectivity index (χ3n) is 10.6. The van der Waals surface area contributed by atoms with Crippen molar-refractivity contribution >= 4 is 35.6 Å². The van der Waals surface area contributed by atoms with Crippen molar-refractivity contribution in [3.63, 3.8) is 0 Å². The summed E-state index contributed by atoms with van der Waals surface area (Å²) in [4.78, 5) is 23.3. The Hall–Kier alpha value is -1.81. The maximum atomic E-state index is 13.7. The van der Waals surface area contributed by atoms with Crippen LogP contribution < -0.4 is 0 Å². The molecule has 0 saturated heterocycles. The molecule has 1 aromatic heterocycles. The van der Waals surface area contributed by atoms with E-state index in [2.05, 4.69) is 26.2 Å². The lowest BCUT2D eigenvalue weighted by molar-refractivity contribution is -0.268. The van der Waals surface area contributed by atoms with Gasteiger partial charge in [-0.1, -0.05) is 19.4 Å². The van der Waals surface area contributed by atoms with Gasteiger partial charge in [0.05, 0.1) is 29.1 Å². The van der Waals surface area contributed by atoms with Crippen LogP contribution in [-0.2, 0) is 26.7 Å².